The van der Waals surface area contributed by atoms with E-state index in [2.05, 4.69) is 20.8 Å². The summed E-state index contributed by atoms with van der Waals surface area (Å²) in [6.07, 6.45) is 1.70. The molecular weight excluding hydrogens is 418 g/mol. The van der Waals surface area contributed by atoms with E-state index in [1.807, 2.05) is 0 Å². The zero-order valence-corrected chi connectivity index (χ0v) is 14.0. The Balaban J connectivity index is 0.00000196. The summed E-state index contributed by atoms with van der Waals surface area (Å²) in [5.74, 6) is -0.00824. The molecule has 86 valence electrons. The number of hydrogen-bond donors (Lipinski definition) is 0. The molecule has 0 bridgehead atoms. The van der Waals surface area contributed by atoms with Crippen LogP contribution in [0, 0.1) is 43.6 Å². The fourth-order valence-electron chi connectivity index (χ4n) is 2.11. The van der Waals surface area contributed by atoms with Gasteiger partial charge in [0.05, 0.1) is 0 Å². The molecule has 1 fully saturated rings. The van der Waals surface area contributed by atoms with E-state index in [0.717, 1.165) is 12.8 Å². The maximum atomic E-state index is 10.8. The van der Waals surface area contributed by atoms with Gasteiger partial charge < -0.3 is 9.47 Å². The first kappa shape index (κ1) is 15.5. The van der Waals surface area contributed by atoms with Gasteiger partial charge in [0.15, 0.2) is 0 Å². The minimum Gasteiger partial charge on any atom is -0.544 e. The molecule has 0 radical (unpaired) electrons. The van der Waals surface area contributed by atoms with Gasteiger partial charge in [0.1, 0.15) is 0 Å². The quantitative estimate of drug-likeness (QED) is 0.502. The molecular formula is C11H19O3U-. The Hall–Kier alpha value is 0.482. The summed E-state index contributed by atoms with van der Waals surface area (Å²) < 4.78 is 10.8. The first-order valence-electron chi connectivity index (χ1n) is 5.24. The molecule has 1 aliphatic heterocycles. The molecule has 1 heterocycles. The van der Waals surface area contributed by atoms with Crippen molar-refractivity contribution in [1.29, 1.82) is 0 Å². The third-order valence-corrected chi connectivity index (χ3v) is 3.26. The summed E-state index contributed by atoms with van der Waals surface area (Å²) in [7, 11) is 0. The maximum Gasteiger partial charge on any atom is 0.300 e. The zero-order valence-electron chi connectivity index (χ0n) is 9.87. The molecule has 0 spiro atoms. The van der Waals surface area contributed by atoms with Crippen LogP contribution in [-0.4, -0.2) is 17.7 Å². The van der Waals surface area contributed by atoms with E-state index in [1.165, 1.54) is 6.92 Å². The Morgan fingerprint density at radius 2 is 2.00 bits per heavy atom. The van der Waals surface area contributed by atoms with Crippen molar-refractivity contribution < 1.29 is 45.4 Å². The van der Waals surface area contributed by atoms with Crippen LogP contribution < -0.4 is 0 Å². The van der Waals surface area contributed by atoms with E-state index < -0.39 is 0 Å². The molecule has 1 aliphatic rings. The normalized spacial score (nSPS) is 28.3. The molecule has 2 atom stereocenters. The summed E-state index contributed by atoms with van der Waals surface area (Å²) in [6, 6.07) is 0. The number of carbonyl (C=O) groups excluding carboxylic acids is 1. The molecule has 0 aromatic carbocycles. The van der Waals surface area contributed by atoms with Crippen molar-refractivity contribution >= 4 is 5.97 Å². The second kappa shape index (κ2) is 6.27. The molecule has 0 aliphatic carbocycles. The van der Waals surface area contributed by atoms with E-state index in [-0.39, 0.29) is 54.7 Å². The molecule has 3 nitrogen and oxygen atoms in total. The Bertz CT molecular complexity index is 214. The minimum atomic E-state index is -0.246. The average molecular weight is 437 g/mol. The van der Waals surface area contributed by atoms with Crippen LogP contribution in [0.1, 0.15) is 40.5 Å². The number of ether oxygens (including phenoxy) is 2. The minimum absolute atomic E-state index is 0. The number of rotatable bonds is 3. The van der Waals surface area contributed by atoms with Crippen molar-refractivity contribution in [3.63, 3.8) is 0 Å². The van der Waals surface area contributed by atoms with Gasteiger partial charge in [-0.2, -0.15) is 6.61 Å². The summed E-state index contributed by atoms with van der Waals surface area (Å²) in [4.78, 5) is 10.8. The van der Waals surface area contributed by atoms with Gasteiger partial charge >= 0.3 is 0 Å². The molecule has 0 unspecified atom stereocenters. The van der Waals surface area contributed by atoms with Crippen molar-refractivity contribution in [3.05, 3.63) is 6.61 Å². The molecule has 0 N–H and O–H groups in total. The summed E-state index contributed by atoms with van der Waals surface area (Å²) in [6.45, 7) is 9.37. The van der Waals surface area contributed by atoms with E-state index >= 15 is 0 Å². The van der Waals surface area contributed by atoms with Crippen LogP contribution >= 0.6 is 0 Å². The van der Waals surface area contributed by atoms with Crippen molar-refractivity contribution in [2.75, 3.05) is 0 Å². The predicted octanol–water partition coefficient (Wildman–Crippen LogP) is 2.30. The van der Waals surface area contributed by atoms with Gasteiger partial charge in [-0.25, -0.2) is 0 Å². The third kappa shape index (κ3) is 3.22. The van der Waals surface area contributed by atoms with Gasteiger partial charge in [0.2, 0.25) is 0 Å². The fraction of sp³-hybridized carbons (Fsp3) is 0.818. The first-order valence-corrected chi connectivity index (χ1v) is 5.24. The van der Waals surface area contributed by atoms with Crippen molar-refractivity contribution in [1.82, 2.24) is 0 Å². The number of esters is 1. The van der Waals surface area contributed by atoms with Gasteiger partial charge in [0.25, 0.3) is 5.97 Å². The molecule has 4 heteroatoms. The molecule has 1 rings (SSSR count). The zero-order chi connectivity index (χ0) is 10.8. The van der Waals surface area contributed by atoms with Crippen LogP contribution in [0.5, 0.6) is 0 Å². The molecule has 15 heavy (non-hydrogen) atoms. The van der Waals surface area contributed by atoms with E-state index in [1.54, 1.807) is 6.61 Å². The molecule has 0 saturated carbocycles. The van der Waals surface area contributed by atoms with Gasteiger partial charge in [0, 0.05) is 49.7 Å². The topological polar surface area (TPSA) is 35.5 Å². The van der Waals surface area contributed by atoms with Crippen molar-refractivity contribution in [3.8, 4) is 0 Å². The number of carbonyl (C=O) groups is 1. The van der Waals surface area contributed by atoms with Crippen LogP contribution in [0.2, 0.25) is 0 Å². The van der Waals surface area contributed by atoms with E-state index in [4.69, 9.17) is 9.47 Å². The second-order valence-corrected chi connectivity index (χ2v) is 3.89. The SMILES string of the molecule is CCC1(CC)O[CH-][C@H](OC(C)=O)[C@@H]1C.[U]. The Kier molecular flexibility index (Phi) is 6.48. The molecule has 0 aromatic rings. The average Bonchev–Trinajstić information content (AvgIpc) is 2.45. The van der Waals surface area contributed by atoms with E-state index in [0.29, 0.717) is 0 Å². The van der Waals surface area contributed by atoms with Gasteiger partial charge in [-0.05, 0) is 18.8 Å². The van der Waals surface area contributed by atoms with Crippen molar-refractivity contribution in [2.45, 2.75) is 52.2 Å². The molecule has 0 amide bonds. The smallest absolute Gasteiger partial charge is 0.300 e. The van der Waals surface area contributed by atoms with Gasteiger partial charge in [-0.15, -0.1) is 0 Å². The van der Waals surface area contributed by atoms with Gasteiger partial charge in [-0.3, -0.25) is 4.79 Å². The van der Waals surface area contributed by atoms with Crippen LogP contribution in [0.3, 0.4) is 0 Å². The summed E-state index contributed by atoms with van der Waals surface area (Å²) in [5, 5.41) is 0. The van der Waals surface area contributed by atoms with Crippen molar-refractivity contribution in [2.24, 2.45) is 5.92 Å². The monoisotopic (exact) mass is 437 g/mol. The van der Waals surface area contributed by atoms with Crippen LogP contribution in [0.4, 0.5) is 0 Å². The number of hydrogen-bond acceptors (Lipinski definition) is 3. The summed E-state index contributed by atoms with van der Waals surface area (Å²) in [5.41, 5.74) is -0.139. The Morgan fingerprint density at radius 3 is 2.33 bits per heavy atom. The Labute approximate surface area is 116 Å². The van der Waals surface area contributed by atoms with Crippen LogP contribution in [-0.2, 0) is 14.3 Å². The first-order chi connectivity index (χ1) is 6.55. The van der Waals surface area contributed by atoms with Crippen LogP contribution in [0.25, 0.3) is 0 Å². The van der Waals surface area contributed by atoms with Crippen LogP contribution in [0.15, 0.2) is 0 Å². The predicted molar refractivity (Wildman–Crippen MR) is 53.4 cm³/mol. The standard InChI is InChI=1S/C11H19O3.U/c1-5-11(6-2)8(3)10(7-13-11)14-9(4)12;/h7-8,10H,5-6H2,1-4H3;/q-1;/t8-,10-;/m0./s1. The van der Waals surface area contributed by atoms with E-state index in [9.17, 15) is 4.79 Å². The molecule has 0 aromatic heterocycles. The summed E-state index contributed by atoms with van der Waals surface area (Å²) >= 11 is 0. The van der Waals surface area contributed by atoms with Gasteiger partial charge in [-0.1, -0.05) is 20.8 Å². The molecule has 1 saturated heterocycles. The third-order valence-electron chi connectivity index (χ3n) is 3.26. The second-order valence-electron chi connectivity index (χ2n) is 3.89. The Morgan fingerprint density at radius 1 is 1.47 bits per heavy atom. The largest absolute Gasteiger partial charge is 0.544 e. The maximum absolute atomic E-state index is 10.8. The fourth-order valence-corrected chi connectivity index (χ4v) is 2.11.